The summed E-state index contributed by atoms with van der Waals surface area (Å²) in [5.74, 6) is 0.426. The van der Waals surface area contributed by atoms with Crippen molar-refractivity contribution in [3.63, 3.8) is 0 Å². The topological polar surface area (TPSA) is 20.3 Å². The molecule has 0 spiro atoms. The predicted octanol–water partition coefficient (Wildman–Crippen LogP) is 4.60. The summed E-state index contributed by atoms with van der Waals surface area (Å²) in [6.07, 6.45) is 0. The largest absolute Gasteiger partial charge is 0.308 e. The van der Waals surface area contributed by atoms with Crippen molar-refractivity contribution < 1.29 is 4.79 Å². The van der Waals surface area contributed by atoms with Gasteiger partial charge in [-0.05, 0) is 24.1 Å². The number of carbonyl (C=O) groups is 1. The Bertz CT molecular complexity index is 684. The molecule has 0 saturated heterocycles. The number of hydrogen-bond donors (Lipinski definition) is 0. The van der Waals surface area contributed by atoms with Crippen molar-refractivity contribution in [3.05, 3.63) is 65.7 Å². The lowest BCUT2D eigenvalue weighted by Crippen LogP contribution is -2.43. The van der Waals surface area contributed by atoms with Gasteiger partial charge in [0.1, 0.15) is 0 Å². The first kappa shape index (κ1) is 14.8. The quantitative estimate of drug-likeness (QED) is 0.752. The molecule has 0 aromatic heterocycles. The zero-order valence-corrected chi connectivity index (χ0v) is 13.7. The van der Waals surface area contributed by atoms with Gasteiger partial charge in [-0.1, -0.05) is 69.3 Å². The van der Waals surface area contributed by atoms with Crippen LogP contribution in [0.15, 0.2) is 54.6 Å². The Morgan fingerprint density at radius 3 is 2.18 bits per heavy atom. The van der Waals surface area contributed by atoms with E-state index >= 15 is 0 Å². The molecule has 22 heavy (non-hydrogen) atoms. The molecule has 1 heterocycles. The molecule has 1 amide bonds. The molecule has 2 heteroatoms. The third-order valence-corrected chi connectivity index (χ3v) is 4.44. The Kier molecular flexibility index (Phi) is 3.56. The maximum Gasteiger partial charge on any atom is 0.232 e. The highest BCUT2D eigenvalue weighted by molar-refractivity contribution is 6.00. The lowest BCUT2D eigenvalue weighted by atomic mass is 9.88. The zero-order chi connectivity index (χ0) is 15.9. The summed E-state index contributed by atoms with van der Waals surface area (Å²) in [5, 5.41) is 0. The van der Waals surface area contributed by atoms with E-state index in [2.05, 4.69) is 49.4 Å². The molecule has 0 saturated carbocycles. The molecule has 2 aromatic rings. The minimum atomic E-state index is -0.382. The van der Waals surface area contributed by atoms with Crippen molar-refractivity contribution in [2.24, 2.45) is 5.41 Å². The molecule has 2 nitrogen and oxygen atoms in total. The summed E-state index contributed by atoms with van der Waals surface area (Å²) in [6, 6.07) is 18.9. The molecular formula is C20H23NO. The van der Waals surface area contributed by atoms with Gasteiger partial charge in [-0.3, -0.25) is 4.79 Å². The number of fused-ring (bicyclic) bond motifs is 1. The monoisotopic (exact) mass is 293 g/mol. The van der Waals surface area contributed by atoms with Gasteiger partial charge in [0.2, 0.25) is 5.91 Å². The van der Waals surface area contributed by atoms with Gasteiger partial charge in [0, 0.05) is 23.1 Å². The van der Waals surface area contributed by atoms with Crippen molar-refractivity contribution >= 4 is 11.6 Å². The minimum Gasteiger partial charge on any atom is -0.308 e. The van der Waals surface area contributed by atoms with Crippen LogP contribution >= 0.6 is 0 Å². The summed E-state index contributed by atoms with van der Waals surface area (Å²) in [6.45, 7) is 8.11. The molecule has 0 bridgehead atoms. The van der Waals surface area contributed by atoms with Crippen LogP contribution in [0.25, 0.3) is 0 Å². The van der Waals surface area contributed by atoms with E-state index in [4.69, 9.17) is 0 Å². The van der Waals surface area contributed by atoms with Gasteiger partial charge in [-0.25, -0.2) is 0 Å². The fourth-order valence-electron chi connectivity index (χ4n) is 3.37. The molecule has 0 unspecified atom stereocenters. The molecule has 3 rings (SSSR count). The average Bonchev–Trinajstić information content (AvgIpc) is 2.78. The number of nitrogens with zero attached hydrogens (tertiary/aromatic N) is 1. The summed E-state index contributed by atoms with van der Waals surface area (Å²) >= 11 is 0. The molecule has 2 atom stereocenters. The molecule has 1 aliphatic heterocycles. The van der Waals surface area contributed by atoms with E-state index in [-0.39, 0.29) is 23.3 Å². The van der Waals surface area contributed by atoms with E-state index in [1.54, 1.807) is 0 Å². The lowest BCUT2D eigenvalue weighted by molar-refractivity contribution is -0.126. The van der Waals surface area contributed by atoms with Crippen LogP contribution in [0, 0.1) is 5.41 Å². The maximum atomic E-state index is 12.9. The van der Waals surface area contributed by atoms with Crippen molar-refractivity contribution in [3.8, 4) is 0 Å². The standard InChI is InChI=1S/C20H23NO/c1-14-18(15-10-6-5-7-11-15)16-12-8-9-13-17(16)21(14)19(22)20(2,3)4/h5-14,18H,1-4H3/t14-,18+/m0/s1. The zero-order valence-electron chi connectivity index (χ0n) is 13.7. The van der Waals surface area contributed by atoms with E-state index < -0.39 is 0 Å². The van der Waals surface area contributed by atoms with Gasteiger partial charge >= 0.3 is 0 Å². The van der Waals surface area contributed by atoms with Crippen molar-refractivity contribution in [1.29, 1.82) is 0 Å². The van der Waals surface area contributed by atoms with Crippen LogP contribution in [0.2, 0.25) is 0 Å². The van der Waals surface area contributed by atoms with E-state index in [0.29, 0.717) is 0 Å². The third kappa shape index (κ3) is 2.33. The molecule has 114 valence electrons. The van der Waals surface area contributed by atoms with E-state index in [9.17, 15) is 4.79 Å². The SMILES string of the molecule is C[C@H]1[C@H](c2ccccc2)c2ccccc2N1C(=O)C(C)(C)C. The van der Waals surface area contributed by atoms with Crippen LogP contribution in [0.4, 0.5) is 5.69 Å². The predicted molar refractivity (Wildman–Crippen MR) is 91.1 cm³/mol. The van der Waals surface area contributed by atoms with Crippen LogP contribution in [0.3, 0.4) is 0 Å². The highest BCUT2D eigenvalue weighted by Gasteiger charge is 2.42. The number of amides is 1. The summed E-state index contributed by atoms with van der Waals surface area (Å²) in [4.78, 5) is 14.9. The number of benzene rings is 2. The summed E-state index contributed by atoms with van der Waals surface area (Å²) in [5.41, 5.74) is 3.20. The highest BCUT2D eigenvalue weighted by Crippen LogP contribution is 2.45. The van der Waals surface area contributed by atoms with Gasteiger partial charge in [0.25, 0.3) is 0 Å². The van der Waals surface area contributed by atoms with Gasteiger partial charge in [-0.2, -0.15) is 0 Å². The van der Waals surface area contributed by atoms with Crippen LogP contribution in [0.1, 0.15) is 44.7 Å². The molecule has 2 aromatic carbocycles. The normalized spacial score (nSPS) is 20.8. The van der Waals surface area contributed by atoms with Crippen molar-refractivity contribution in [2.75, 3.05) is 4.90 Å². The number of para-hydroxylation sites is 1. The fourth-order valence-corrected chi connectivity index (χ4v) is 3.37. The van der Waals surface area contributed by atoms with Gasteiger partial charge in [-0.15, -0.1) is 0 Å². The second-order valence-corrected chi connectivity index (χ2v) is 7.11. The number of anilines is 1. The Hall–Kier alpha value is -2.09. The van der Waals surface area contributed by atoms with Gasteiger partial charge < -0.3 is 4.90 Å². The van der Waals surface area contributed by atoms with Crippen molar-refractivity contribution in [2.45, 2.75) is 39.7 Å². The first-order chi connectivity index (χ1) is 10.4. The molecule has 0 N–H and O–H groups in total. The molecule has 0 fully saturated rings. The average molecular weight is 293 g/mol. The van der Waals surface area contributed by atoms with E-state index in [1.165, 1.54) is 11.1 Å². The van der Waals surface area contributed by atoms with Crippen molar-refractivity contribution in [1.82, 2.24) is 0 Å². The maximum absolute atomic E-state index is 12.9. The second-order valence-electron chi connectivity index (χ2n) is 7.11. The Labute approximate surface area is 132 Å². The molecule has 0 aliphatic carbocycles. The van der Waals surface area contributed by atoms with E-state index in [1.807, 2.05) is 37.8 Å². The lowest BCUT2D eigenvalue weighted by Gasteiger charge is -2.31. The van der Waals surface area contributed by atoms with Crippen LogP contribution in [-0.2, 0) is 4.79 Å². The van der Waals surface area contributed by atoms with Crippen LogP contribution in [-0.4, -0.2) is 11.9 Å². The first-order valence-corrected chi connectivity index (χ1v) is 7.89. The smallest absolute Gasteiger partial charge is 0.232 e. The third-order valence-electron chi connectivity index (χ3n) is 4.44. The number of rotatable bonds is 1. The van der Waals surface area contributed by atoms with Gasteiger partial charge in [0.05, 0.1) is 0 Å². The Balaban J connectivity index is 2.11. The fraction of sp³-hybridized carbons (Fsp3) is 0.350. The second kappa shape index (κ2) is 5.28. The molecular weight excluding hydrogens is 270 g/mol. The molecule has 1 aliphatic rings. The Morgan fingerprint density at radius 1 is 0.955 bits per heavy atom. The number of carbonyl (C=O) groups excluding carboxylic acids is 1. The summed E-state index contributed by atoms with van der Waals surface area (Å²) < 4.78 is 0. The minimum absolute atomic E-state index is 0.131. The highest BCUT2D eigenvalue weighted by atomic mass is 16.2. The summed E-state index contributed by atoms with van der Waals surface area (Å²) in [7, 11) is 0. The van der Waals surface area contributed by atoms with Gasteiger partial charge in [0.15, 0.2) is 0 Å². The Morgan fingerprint density at radius 2 is 1.55 bits per heavy atom. The first-order valence-electron chi connectivity index (χ1n) is 7.89. The molecule has 0 radical (unpaired) electrons. The van der Waals surface area contributed by atoms with E-state index in [0.717, 1.165) is 5.69 Å². The van der Waals surface area contributed by atoms with Crippen LogP contribution in [0.5, 0.6) is 0 Å². The van der Waals surface area contributed by atoms with Crippen LogP contribution < -0.4 is 4.90 Å². The number of hydrogen-bond acceptors (Lipinski definition) is 1.